The van der Waals surface area contributed by atoms with Crippen LogP contribution in [-0.4, -0.2) is 19.9 Å². The molecule has 0 aromatic carbocycles. The summed E-state index contributed by atoms with van der Waals surface area (Å²) < 4.78 is 0. The fourth-order valence-corrected chi connectivity index (χ4v) is 3.64. The van der Waals surface area contributed by atoms with Crippen LogP contribution in [0.25, 0.3) is 0 Å². The highest BCUT2D eigenvalue weighted by atomic mass is 14.9. The Morgan fingerprint density at radius 3 is 2.12 bits per heavy atom. The van der Waals surface area contributed by atoms with Gasteiger partial charge in [-0.15, -0.1) is 0 Å². The molecule has 0 bridgehead atoms. The molecule has 4 heteroatoms. The maximum absolute atomic E-state index is 4.61. The minimum Gasteiger partial charge on any atom is -0.241 e. The molecule has 0 N–H and O–H groups in total. The zero-order valence-corrected chi connectivity index (χ0v) is 15.0. The first-order valence-electron chi connectivity index (χ1n) is 9.11. The Hall–Kier alpha value is -1.84. The molecule has 2 aromatic rings. The van der Waals surface area contributed by atoms with E-state index in [1.807, 2.05) is 24.8 Å². The van der Waals surface area contributed by atoms with E-state index in [4.69, 9.17) is 0 Å². The number of rotatable bonds is 5. The zero-order chi connectivity index (χ0) is 16.9. The SMILES string of the molecule is CC(C)c1ncc(C2CC2C(C)(C)c2cnc(C3CC3)nc2)cn1. The molecule has 0 saturated heterocycles. The van der Waals surface area contributed by atoms with Crippen molar-refractivity contribution in [1.82, 2.24) is 19.9 Å². The highest BCUT2D eigenvalue weighted by Gasteiger charge is 2.49. The molecule has 2 aliphatic carbocycles. The van der Waals surface area contributed by atoms with Gasteiger partial charge in [0.1, 0.15) is 11.6 Å². The molecular weight excluding hydrogens is 296 g/mol. The summed E-state index contributed by atoms with van der Waals surface area (Å²) >= 11 is 0. The minimum absolute atomic E-state index is 0.0868. The number of hydrogen-bond acceptors (Lipinski definition) is 4. The molecule has 24 heavy (non-hydrogen) atoms. The van der Waals surface area contributed by atoms with Crippen LogP contribution in [0.1, 0.15) is 87.5 Å². The molecule has 2 saturated carbocycles. The van der Waals surface area contributed by atoms with E-state index in [-0.39, 0.29) is 5.41 Å². The van der Waals surface area contributed by atoms with Gasteiger partial charge >= 0.3 is 0 Å². The fourth-order valence-electron chi connectivity index (χ4n) is 3.64. The Balaban J connectivity index is 1.49. The fraction of sp³-hybridized carbons (Fsp3) is 0.600. The van der Waals surface area contributed by atoms with Crippen LogP contribution in [0, 0.1) is 5.92 Å². The lowest BCUT2D eigenvalue weighted by Crippen LogP contribution is -2.22. The van der Waals surface area contributed by atoms with Gasteiger partial charge in [0.2, 0.25) is 0 Å². The van der Waals surface area contributed by atoms with Gasteiger partial charge in [-0.1, -0.05) is 27.7 Å². The van der Waals surface area contributed by atoms with Crippen molar-refractivity contribution in [1.29, 1.82) is 0 Å². The maximum atomic E-state index is 4.61. The van der Waals surface area contributed by atoms with Gasteiger partial charge in [-0.3, -0.25) is 0 Å². The quantitative estimate of drug-likeness (QED) is 0.821. The van der Waals surface area contributed by atoms with Crippen LogP contribution in [0.4, 0.5) is 0 Å². The van der Waals surface area contributed by atoms with Crippen LogP contribution in [0.2, 0.25) is 0 Å². The van der Waals surface area contributed by atoms with Crippen molar-refractivity contribution in [2.45, 2.75) is 70.1 Å². The van der Waals surface area contributed by atoms with Gasteiger partial charge in [-0.05, 0) is 47.6 Å². The van der Waals surface area contributed by atoms with Crippen LogP contribution in [0.15, 0.2) is 24.8 Å². The van der Waals surface area contributed by atoms with E-state index in [0.717, 1.165) is 11.6 Å². The Morgan fingerprint density at radius 1 is 0.958 bits per heavy atom. The maximum Gasteiger partial charge on any atom is 0.131 e. The molecule has 4 nitrogen and oxygen atoms in total. The highest BCUT2D eigenvalue weighted by Crippen LogP contribution is 2.57. The predicted molar refractivity (Wildman–Crippen MR) is 94.0 cm³/mol. The highest BCUT2D eigenvalue weighted by molar-refractivity contribution is 5.30. The number of aromatic nitrogens is 4. The lowest BCUT2D eigenvalue weighted by atomic mass is 9.80. The summed E-state index contributed by atoms with van der Waals surface area (Å²) in [5.41, 5.74) is 2.61. The molecule has 2 fully saturated rings. The molecule has 0 spiro atoms. The Kier molecular flexibility index (Phi) is 3.66. The summed E-state index contributed by atoms with van der Waals surface area (Å²) in [6.45, 7) is 8.89. The van der Waals surface area contributed by atoms with Crippen LogP contribution in [0.3, 0.4) is 0 Å². The molecular formula is C20H26N4. The van der Waals surface area contributed by atoms with E-state index < -0.39 is 0 Å². The van der Waals surface area contributed by atoms with Crippen molar-refractivity contribution in [3.63, 3.8) is 0 Å². The molecule has 126 valence electrons. The largest absolute Gasteiger partial charge is 0.241 e. The van der Waals surface area contributed by atoms with Gasteiger partial charge in [-0.2, -0.15) is 0 Å². The predicted octanol–water partition coefficient (Wildman–Crippen LogP) is 4.35. The number of nitrogens with zero attached hydrogens (tertiary/aromatic N) is 4. The lowest BCUT2D eigenvalue weighted by Gasteiger charge is -2.25. The topological polar surface area (TPSA) is 51.6 Å². The lowest BCUT2D eigenvalue weighted by molar-refractivity contribution is 0.440. The number of hydrogen-bond donors (Lipinski definition) is 0. The third-order valence-corrected chi connectivity index (χ3v) is 5.71. The molecule has 0 aliphatic heterocycles. The summed E-state index contributed by atoms with van der Waals surface area (Å²) in [6.07, 6.45) is 11.8. The van der Waals surface area contributed by atoms with E-state index in [9.17, 15) is 0 Å². The van der Waals surface area contributed by atoms with Gasteiger partial charge < -0.3 is 0 Å². The molecule has 2 atom stereocenters. The smallest absolute Gasteiger partial charge is 0.131 e. The Bertz CT molecular complexity index is 714. The zero-order valence-electron chi connectivity index (χ0n) is 15.0. The molecule has 2 heterocycles. The molecule has 0 radical (unpaired) electrons. The molecule has 4 rings (SSSR count). The molecule has 2 aliphatic rings. The molecule has 2 unspecified atom stereocenters. The summed E-state index contributed by atoms with van der Waals surface area (Å²) in [5, 5.41) is 0. The second-order valence-corrected chi connectivity index (χ2v) is 8.30. The van der Waals surface area contributed by atoms with Crippen molar-refractivity contribution in [2.24, 2.45) is 5.92 Å². The van der Waals surface area contributed by atoms with E-state index in [1.54, 1.807) is 0 Å². The summed E-state index contributed by atoms with van der Waals surface area (Å²) in [7, 11) is 0. The first-order chi connectivity index (χ1) is 11.5. The first-order valence-corrected chi connectivity index (χ1v) is 9.11. The van der Waals surface area contributed by atoms with Gasteiger partial charge in [-0.25, -0.2) is 19.9 Å². The normalized spacial score (nSPS) is 23.5. The van der Waals surface area contributed by atoms with E-state index in [0.29, 0.717) is 23.7 Å². The van der Waals surface area contributed by atoms with Gasteiger partial charge in [0.05, 0.1) is 0 Å². The van der Waals surface area contributed by atoms with Gasteiger partial charge in [0.15, 0.2) is 0 Å². The second-order valence-electron chi connectivity index (χ2n) is 8.30. The van der Waals surface area contributed by atoms with Crippen molar-refractivity contribution < 1.29 is 0 Å². The van der Waals surface area contributed by atoms with Crippen molar-refractivity contribution in [2.75, 3.05) is 0 Å². The van der Waals surface area contributed by atoms with Crippen LogP contribution >= 0.6 is 0 Å². The third kappa shape index (κ3) is 2.83. The Morgan fingerprint density at radius 2 is 1.58 bits per heavy atom. The van der Waals surface area contributed by atoms with Crippen LogP contribution in [-0.2, 0) is 5.41 Å². The van der Waals surface area contributed by atoms with E-state index >= 15 is 0 Å². The van der Waals surface area contributed by atoms with Gasteiger partial charge in [0, 0.05) is 36.6 Å². The van der Waals surface area contributed by atoms with Crippen molar-refractivity contribution >= 4 is 0 Å². The third-order valence-electron chi connectivity index (χ3n) is 5.71. The Labute approximate surface area is 144 Å². The average molecular weight is 322 g/mol. The molecule has 2 aromatic heterocycles. The van der Waals surface area contributed by atoms with Crippen molar-refractivity contribution in [3.05, 3.63) is 47.6 Å². The second kappa shape index (κ2) is 5.61. The van der Waals surface area contributed by atoms with E-state index in [1.165, 1.54) is 30.4 Å². The standard InChI is InChI=1S/C20H26N4/c1-12(2)18-21-8-14(9-22-18)16-7-17(16)20(3,4)15-10-23-19(24-11-15)13-5-6-13/h8-13,16-17H,5-7H2,1-4H3. The van der Waals surface area contributed by atoms with Crippen LogP contribution in [0.5, 0.6) is 0 Å². The average Bonchev–Trinajstić information content (AvgIpc) is 3.48. The van der Waals surface area contributed by atoms with Crippen molar-refractivity contribution in [3.8, 4) is 0 Å². The molecule has 0 amide bonds. The summed E-state index contributed by atoms with van der Waals surface area (Å²) in [6, 6.07) is 0. The monoisotopic (exact) mass is 322 g/mol. The van der Waals surface area contributed by atoms with Crippen LogP contribution < -0.4 is 0 Å². The minimum atomic E-state index is 0.0868. The first kappa shape index (κ1) is 15.7. The summed E-state index contributed by atoms with van der Waals surface area (Å²) in [4.78, 5) is 18.3. The van der Waals surface area contributed by atoms with Gasteiger partial charge in [0.25, 0.3) is 0 Å². The van der Waals surface area contributed by atoms with E-state index in [2.05, 4.69) is 47.6 Å². The summed E-state index contributed by atoms with van der Waals surface area (Å²) in [5.74, 6) is 4.13.